The normalized spacial score (nSPS) is 11.1. The first kappa shape index (κ1) is 12.8. The van der Waals surface area contributed by atoms with Crippen molar-refractivity contribution in [3.05, 3.63) is 60.7 Å². The monoisotopic (exact) mass is 290 g/mol. The lowest BCUT2D eigenvalue weighted by Crippen LogP contribution is -2.07. The number of furan rings is 1. The second kappa shape index (κ2) is 5.44. The zero-order chi connectivity index (χ0) is 14.8. The number of rotatable bonds is 4. The second-order valence-electron chi connectivity index (χ2n) is 5.00. The van der Waals surface area contributed by atoms with Gasteiger partial charge in [0.1, 0.15) is 17.4 Å². The molecule has 0 aliphatic carbocycles. The van der Waals surface area contributed by atoms with Gasteiger partial charge in [0.2, 0.25) is 0 Å². The van der Waals surface area contributed by atoms with Crippen LogP contribution in [-0.4, -0.2) is 21.5 Å². The van der Waals surface area contributed by atoms with E-state index in [1.54, 1.807) is 12.5 Å². The molecule has 4 rings (SSSR count). The number of benzene rings is 1. The van der Waals surface area contributed by atoms with Crippen molar-refractivity contribution < 1.29 is 4.42 Å². The zero-order valence-corrected chi connectivity index (χ0v) is 11.9. The Labute approximate surface area is 127 Å². The van der Waals surface area contributed by atoms with Crippen molar-refractivity contribution in [2.24, 2.45) is 0 Å². The van der Waals surface area contributed by atoms with Gasteiger partial charge in [-0.15, -0.1) is 0 Å². The number of fused-ring (bicyclic) bond motifs is 3. The Hall–Kier alpha value is -2.95. The molecule has 5 nitrogen and oxygen atoms in total. The summed E-state index contributed by atoms with van der Waals surface area (Å²) < 4.78 is 5.88. The number of para-hydroxylation sites is 1. The molecule has 1 N–H and O–H groups in total. The molecule has 0 radical (unpaired) electrons. The minimum absolute atomic E-state index is 0.699. The highest BCUT2D eigenvalue weighted by Crippen LogP contribution is 2.30. The average Bonchev–Trinajstić information content (AvgIpc) is 2.96. The summed E-state index contributed by atoms with van der Waals surface area (Å²) >= 11 is 0. The molecule has 0 spiro atoms. The molecule has 1 aromatic carbocycles. The first-order chi connectivity index (χ1) is 10.9. The van der Waals surface area contributed by atoms with E-state index in [-0.39, 0.29) is 0 Å². The van der Waals surface area contributed by atoms with Gasteiger partial charge in [-0.05, 0) is 24.3 Å². The van der Waals surface area contributed by atoms with Crippen molar-refractivity contribution in [3.63, 3.8) is 0 Å². The maximum absolute atomic E-state index is 5.88. The lowest BCUT2D eigenvalue weighted by Gasteiger charge is -2.05. The maximum atomic E-state index is 5.88. The van der Waals surface area contributed by atoms with E-state index in [4.69, 9.17) is 4.42 Å². The van der Waals surface area contributed by atoms with Crippen molar-refractivity contribution in [2.45, 2.75) is 6.42 Å². The molecular formula is C17H14N4O. The van der Waals surface area contributed by atoms with Crippen LogP contribution in [0.3, 0.4) is 0 Å². The zero-order valence-electron chi connectivity index (χ0n) is 11.9. The predicted molar refractivity (Wildman–Crippen MR) is 85.7 cm³/mol. The predicted octanol–water partition coefficient (Wildman–Crippen LogP) is 3.43. The highest BCUT2D eigenvalue weighted by atomic mass is 16.3. The summed E-state index contributed by atoms with van der Waals surface area (Å²) in [6.45, 7) is 0.736. The highest BCUT2D eigenvalue weighted by molar-refractivity contribution is 6.05. The molecule has 0 bridgehead atoms. The van der Waals surface area contributed by atoms with E-state index < -0.39 is 0 Å². The Kier molecular flexibility index (Phi) is 3.16. The fourth-order valence-corrected chi connectivity index (χ4v) is 2.50. The van der Waals surface area contributed by atoms with Gasteiger partial charge in [0.05, 0.1) is 0 Å². The quantitative estimate of drug-likeness (QED) is 0.624. The Morgan fingerprint density at radius 1 is 0.955 bits per heavy atom. The molecule has 0 saturated carbocycles. The van der Waals surface area contributed by atoms with Crippen molar-refractivity contribution >= 4 is 27.9 Å². The summed E-state index contributed by atoms with van der Waals surface area (Å²) in [6, 6.07) is 13.8. The van der Waals surface area contributed by atoms with Gasteiger partial charge < -0.3 is 9.73 Å². The average molecular weight is 290 g/mol. The number of nitrogens with one attached hydrogen (secondary N) is 1. The Morgan fingerprint density at radius 3 is 2.77 bits per heavy atom. The molecule has 0 aliphatic heterocycles. The van der Waals surface area contributed by atoms with Crippen LogP contribution >= 0.6 is 0 Å². The summed E-state index contributed by atoms with van der Waals surface area (Å²) in [5.41, 5.74) is 3.41. The minimum Gasteiger partial charge on any atom is -0.450 e. The van der Waals surface area contributed by atoms with Crippen molar-refractivity contribution in [2.75, 3.05) is 11.9 Å². The van der Waals surface area contributed by atoms with Crippen LogP contribution in [-0.2, 0) is 6.42 Å². The SMILES string of the molecule is c1ccc(CCNc2ncnc3c2oc2ccccc23)nc1. The van der Waals surface area contributed by atoms with Crippen molar-refractivity contribution in [3.8, 4) is 0 Å². The van der Waals surface area contributed by atoms with Crippen LogP contribution in [0.4, 0.5) is 5.82 Å². The second-order valence-corrected chi connectivity index (χ2v) is 5.00. The van der Waals surface area contributed by atoms with E-state index in [1.807, 2.05) is 42.5 Å². The van der Waals surface area contributed by atoms with Crippen LogP contribution < -0.4 is 5.32 Å². The molecule has 0 aliphatic rings. The molecule has 3 heterocycles. The first-order valence-corrected chi connectivity index (χ1v) is 7.18. The molecule has 0 unspecified atom stereocenters. The van der Waals surface area contributed by atoms with E-state index in [2.05, 4.69) is 20.3 Å². The first-order valence-electron chi connectivity index (χ1n) is 7.18. The fourth-order valence-electron chi connectivity index (χ4n) is 2.50. The number of hydrogen-bond donors (Lipinski definition) is 1. The van der Waals surface area contributed by atoms with E-state index in [0.717, 1.165) is 41.0 Å². The van der Waals surface area contributed by atoms with Crippen LogP contribution in [0.2, 0.25) is 0 Å². The fraction of sp³-hybridized carbons (Fsp3) is 0.118. The molecule has 22 heavy (non-hydrogen) atoms. The van der Waals surface area contributed by atoms with Crippen molar-refractivity contribution in [1.29, 1.82) is 0 Å². The van der Waals surface area contributed by atoms with Crippen molar-refractivity contribution in [1.82, 2.24) is 15.0 Å². The van der Waals surface area contributed by atoms with Crippen LogP contribution in [0.1, 0.15) is 5.69 Å². The third-order valence-corrected chi connectivity index (χ3v) is 3.56. The molecule has 108 valence electrons. The van der Waals surface area contributed by atoms with E-state index in [1.165, 1.54) is 0 Å². The standard InChI is InChI=1S/C17H14N4O/c1-2-7-14-13(6-1)15-16(22-14)17(21-11-20-15)19-10-8-12-5-3-4-9-18-12/h1-7,9,11H,8,10H2,(H,19,20,21). The molecule has 0 amide bonds. The number of anilines is 1. The molecule has 0 saturated heterocycles. The van der Waals surface area contributed by atoms with Crippen LogP contribution in [0.5, 0.6) is 0 Å². The van der Waals surface area contributed by atoms with Crippen LogP contribution in [0, 0.1) is 0 Å². The Balaban J connectivity index is 1.61. The van der Waals surface area contributed by atoms with E-state index in [0.29, 0.717) is 5.58 Å². The molecule has 5 heteroatoms. The number of pyridine rings is 1. The number of nitrogens with zero attached hydrogens (tertiary/aromatic N) is 3. The maximum Gasteiger partial charge on any atom is 0.196 e. The van der Waals surface area contributed by atoms with Gasteiger partial charge in [0.15, 0.2) is 11.4 Å². The van der Waals surface area contributed by atoms with Gasteiger partial charge in [-0.25, -0.2) is 9.97 Å². The molecule has 3 aromatic heterocycles. The Morgan fingerprint density at radius 2 is 1.86 bits per heavy atom. The van der Waals surface area contributed by atoms with Crippen LogP contribution in [0.25, 0.3) is 22.1 Å². The number of hydrogen-bond acceptors (Lipinski definition) is 5. The van der Waals surface area contributed by atoms with Gasteiger partial charge in [-0.3, -0.25) is 4.98 Å². The molecular weight excluding hydrogens is 276 g/mol. The van der Waals surface area contributed by atoms with Gasteiger partial charge in [0.25, 0.3) is 0 Å². The third-order valence-electron chi connectivity index (χ3n) is 3.56. The minimum atomic E-state index is 0.699. The van der Waals surface area contributed by atoms with Gasteiger partial charge in [-0.1, -0.05) is 18.2 Å². The smallest absolute Gasteiger partial charge is 0.196 e. The summed E-state index contributed by atoms with van der Waals surface area (Å²) in [4.78, 5) is 12.9. The van der Waals surface area contributed by atoms with E-state index >= 15 is 0 Å². The van der Waals surface area contributed by atoms with Gasteiger partial charge >= 0.3 is 0 Å². The number of aromatic nitrogens is 3. The lowest BCUT2D eigenvalue weighted by atomic mass is 10.2. The highest BCUT2D eigenvalue weighted by Gasteiger charge is 2.12. The summed E-state index contributed by atoms with van der Waals surface area (Å²) in [6.07, 6.45) is 4.19. The summed E-state index contributed by atoms with van der Waals surface area (Å²) in [7, 11) is 0. The largest absolute Gasteiger partial charge is 0.450 e. The Bertz CT molecular complexity index is 918. The van der Waals surface area contributed by atoms with Gasteiger partial charge in [0, 0.05) is 30.2 Å². The molecule has 0 atom stereocenters. The molecule has 4 aromatic rings. The third kappa shape index (κ3) is 2.26. The van der Waals surface area contributed by atoms with Crippen LogP contribution in [0.15, 0.2) is 59.4 Å². The summed E-state index contributed by atoms with van der Waals surface area (Å²) in [5.74, 6) is 0.720. The lowest BCUT2D eigenvalue weighted by molar-refractivity contribution is 0.666. The topological polar surface area (TPSA) is 63.8 Å². The summed E-state index contributed by atoms with van der Waals surface area (Å²) in [5, 5.41) is 4.32. The van der Waals surface area contributed by atoms with E-state index in [9.17, 15) is 0 Å². The molecule has 0 fully saturated rings. The van der Waals surface area contributed by atoms with Gasteiger partial charge in [-0.2, -0.15) is 0 Å².